The molecule has 3 fully saturated rings. The fourth-order valence-corrected chi connectivity index (χ4v) is 5.84. The van der Waals surface area contributed by atoms with Gasteiger partial charge in [0.15, 0.2) is 6.10 Å². The van der Waals surface area contributed by atoms with Crippen molar-refractivity contribution in [3.8, 4) is 0 Å². The van der Waals surface area contributed by atoms with E-state index < -0.39 is 17.6 Å². The summed E-state index contributed by atoms with van der Waals surface area (Å²) in [5.74, 6) is -0.662. The zero-order chi connectivity index (χ0) is 19.4. The number of carbonyl (C=O) groups excluding carboxylic acids is 2. The lowest BCUT2D eigenvalue weighted by Crippen LogP contribution is -2.56. The van der Waals surface area contributed by atoms with Crippen LogP contribution in [-0.4, -0.2) is 71.2 Å². The Kier molecular flexibility index (Phi) is 4.62. The number of piperazine rings is 1. The van der Waals surface area contributed by atoms with Gasteiger partial charge in [0, 0.05) is 39.6 Å². The number of hydrogen-bond acceptors (Lipinski definition) is 5. The molecule has 4 rings (SSSR count). The van der Waals surface area contributed by atoms with E-state index in [9.17, 15) is 14.7 Å². The molecule has 2 saturated heterocycles. The highest BCUT2D eigenvalue weighted by atomic mass is 16.6. The minimum Gasteiger partial charge on any atom is -0.454 e. The van der Waals surface area contributed by atoms with Gasteiger partial charge in [-0.25, -0.2) is 0 Å². The molecule has 2 heterocycles. The van der Waals surface area contributed by atoms with Crippen LogP contribution in [0.15, 0.2) is 11.1 Å². The Morgan fingerprint density at radius 3 is 2.59 bits per heavy atom. The first-order valence-electron chi connectivity index (χ1n) is 10.4. The fourth-order valence-electron chi connectivity index (χ4n) is 5.84. The zero-order valence-corrected chi connectivity index (χ0v) is 16.8. The average Bonchev–Trinajstić information content (AvgIpc) is 2.86. The summed E-state index contributed by atoms with van der Waals surface area (Å²) in [6, 6.07) is 0. The summed E-state index contributed by atoms with van der Waals surface area (Å²) >= 11 is 0. The van der Waals surface area contributed by atoms with Crippen LogP contribution >= 0.6 is 0 Å². The number of esters is 1. The van der Waals surface area contributed by atoms with Crippen molar-refractivity contribution in [2.75, 3.05) is 32.7 Å². The highest BCUT2D eigenvalue weighted by molar-refractivity contribution is 5.78. The minimum atomic E-state index is -1.10. The van der Waals surface area contributed by atoms with Crippen molar-refractivity contribution in [1.82, 2.24) is 9.80 Å². The van der Waals surface area contributed by atoms with Crippen LogP contribution in [0.2, 0.25) is 0 Å². The summed E-state index contributed by atoms with van der Waals surface area (Å²) < 4.78 is 5.85. The van der Waals surface area contributed by atoms with Gasteiger partial charge in [-0.05, 0) is 50.0 Å². The molecule has 1 amide bonds. The quantitative estimate of drug-likeness (QED) is 0.587. The summed E-state index contributed by atoms with van der Waals surface area (Å²) in [6.45, 7) is 9.36. The smallest absolute Gasteiger partial charge is 0.314 e. The van der Waals surface area contributed by atoms with Gasteiger partial charge in [-0.15, -0.1) is 0 Å². The van der Waals surface area contributed by atoms with E-state index in [1.54, 1.807) is 6.92 Å². The van der Waals surface area contributed by atoms with Crippen molar-refractivity contribution in [3.05, 3.63) is 11.1 Å². The van der Waals surface area contributed by atoms with Crippen molar-refractivity contribution < 1.29 is 19.4 Å². The molecule has 2 aliphatic carbocycles. The lowest BCUT2D eigenvalue weighted by Gasteiger charge is -2.49. The number of carbonyl (C=O) groups is 2. The van der Waals surface area contributed by atoms with Gasteiger partial charge >= 0.3 is 5.97 Å². The molecule has 2 unspecified atom stereocenters. The van der Waals surface area contributed by atoms with Crippen molar-refractivity contribution in [2.45, 2.75) is 64.6 Å². The number of aliphatic hydroxyl groups is 1. The Morgan fingerprint density at radius 1 is 1.22 bits per heavy atom. The molecule has 150 valence electrons. The second-order valence-corrected chi connectivity index (χ2v) is 9.28. The van der Waals surface area contributed by atoms with E-state index in [4.69, 9.17) is 4.74 Å². The highest BCUT2D eigenvalue weighted by Gasteiger charge is 2.63. The van der Waals surface area contributed by atoms with Crippen molar-refractivity contribution in [1.29, 1.82) is 0 Å². The summed E-state index contributed by atoms with van der Waals surface area (Å²) in [5, 5.41) is 11.6. The number of nitrogens with zero attached hydrogens (tertiary/aromatic N) is 2. The van der Waals surface area contributed by atoms with Gasteiger partial charge in [0.1, 0.15) is 11.5 Å². The second-order valence-electron chi connectivity index (χ2n) is 9.28. The van der Waals surface area contributed by atoms with Crippen LogP contribution in [0, 0.1) is 11.3 Å². The van der Waals surface area contributed by atoms with Crippen molar-refractivity contribution in [2.24, 2.45) is 11.3 Å². The summed E-state index contributed by atoms with van der Waals surface area (Å²) in [6.07, 6.45) is 4.38. The molecule has 1 saturated carbocycles. The van der Waals surface area contributed by atoms with Crippen molar-refractivity contribution >= 4 is 11.9 Å². The molecule has 0 bridgehead atoms. The predicted octanol–water partition coefficient (Wildman–Crippen LogP) is 1.72. The van der Waals surface area contributed by atoms with Crippen LogP contribution in [0.4, 0.5) is 0 Å². The summed E-state index contributed by atoms with van der Waals surface area (Å²) in [4.78, 5) is 28.3. The summed E-state index contributed by atoms with van der Waals surface area (Å²) in [7, 11) is 0. The number of ether oxygens (including phenoxy) is 1. The molecule has 6 nitrogen and oxygen atoms in total. The highest BCUT2D eigenvalue weighted by Crippen LogP contribution is 2.57. The van der Waals surface area contributed by atoms with Crippen LogP contribution in [0.3, 0.4) is 0 Å². The van der Waals surface area contributed by atoms with Crippen molar-refractivity contribution in [3.63, 3.8) is 0 Å². The maximum Gasteiger partial charge on any atom is 0.314 e. The van der Waals surface area contributed by atoms with Gasteiger partial charge in [0.25, 0.3) is 0 Å². The average molecular weight is 376 g/mol. The molecule has 6 heteroatoms. The molecular formula is C21H32N2O4. The van der Waals surface area contributed by atoms with Gasteiger partial charge in [-0.3, -0.25) is 14.5 Å². The monoisotopic (exact) mass is 376 g/mol. The van der Waals surface area contributed by atoms with Crippen LogP contribution in [0.25, 0.3) is 0 Å². The Labute approximate surface area is 161 Å². The van der Waals surface area contributed by atoms with Gasteiger partial charge < -0.3 is 14.7 Å². The lowest BCUT2D eigenvalue weighted by molar-refractivity contribution is -0.144. The number of amides is 1. The number of hydrogen-bond donors (Lipinski definition) is 1. The zero-order valence-electron chi connectivity index (χ0n) is 16.8. The van der Waals surface area contributed by atoms with E-state index in [1.807, 2.05) is 4.90 Å². The standard InChI is InChI=1S/C21H32N2O4/c1-14-5-4-6-20(3)7-8-21(26)16(19(25)27-18(21)17(14)20)13-22-9-11-23(12-10-22)15(2)24/h16,18,26H,4-13H2,1-3H3/t16?,18-,20+,21?/m0/s1. The van der Waals surface area contributed by atoms with Gasteiger partial charge in [0.05, 0.1) is 0 Å². The maximum absolute atomic E-state index is 12.8. The second kappa shape index (κ2) is 6.59. The van der Waals surface area contributed by atoms with E-state index in [2.05, 4.69) is 18.7 Å². The lowest BCUT2D eigenvalue weighted by atomic mass is 9.58. The Hall–Kier alpha value is -1.40. The molecule has 27 heavy (non-hydrogen) atoms. The number of fused-ring (bicyclic) bond motifs is 3. The molecule has 0 aromatic rings. The molecule has 0 spiro atoms. The fraction of sp³-hybridized carbons (Fsp3) is 0.810. The molecule has 4 atom stereocenters. The van der Waals surface area contributed by atoms with Crippen LogP contribution in [0.1, 0.15) is 52.9 Å². The van der Waals surface area contributed by atoms with E-state index in [1.165, 1.54) is 17.6 Å². The molecular weight excluding hydrogens is 344 g/mol. The first kappa shape index (κ1) is 18.9. The third-order valence-electron chi connectivity index (χ3n) is 7.56. The van der Waals surface area contributed by atoms with Crippen LogP contribution in [-0.2, 0) is 14.3 Å². The van der Waals surface area contributed by atoms with E-state index in [0.717, 1.165) is 32.4 Å². The predicted molar refractivity (Wildman–Crippen MR) is 101 cm³/mol. The summed E-state index contributed by atoms with van der Waals surface area (Å²) in [5.41, 5.74) is 1.46. The minimum absolute atomic E-state index is 0.0571. The molecule has 0 aromatic carbocycles. The normalized spacial score (nSPS) is 39.9. The maximum atomic E-state index is 12.8. The van der Waals surface area contributed by atoms with Crippen LogP contribution in [0.5, 0.6) is 0 Å². The first-order valence-corrected chi connectivity index (χ1v) is 10.4. The third-order valence-corrected chi connectivity index (χ3v) is 7.56. The van der Waals surface area contributed by atoms with Crippen LogP contribution < -0.4 is 0 Å². The first-order chi connectivity index (χ1) is 12.7. The molecule has 0 aromatic heterocycles. The van der Waals surface area contributed by atoms with E-state index in [0.29, 0.717) is 26.1 Å². The Bertz CT molecular complexity index is 682. The molecule has 1 N–H and O–H groups in total. The Morgan fingerprint density at radius 2 is 1.93 bits per heavy atom. The number of rotatable bonds is 2. The molecule has 2 aliphatic heterocycles. The van der Waals surface area contributed by atoms with Gasteiger partial charge in [-0.1, -0.05) is 12.5 Å². The molecule has 0 radical (unpaired) electrons. The van der Waals surface area contributed by atoms with E-state index >= 15 is 0 Å². The largest absolute Gasteiger partial charge is 0.454 e. The topological polar surface area (TPSA) is 70.1 Å². The SMILES string of the molecule is CC(=O)N1CCN(CC2C(=O)O[C@H]3C4=C(C)CCC[C@]4(C)CCC23O)CC1. The number of allylic oxidation sites excluding steroid dienone is 1. The Balaban J connectivity index is 1.53. The van der Waals surface area contributed by atoms with E-state index in [-0.39, 0.29) is 17.3 Å². The molecule has 4 aliphatic rings. The van der Waals surface area contributed by atoms with Gasteiger partial charge in [-0.2, -0.15) is 0 Å². The van der Waals surface area contributed by atoms with Gasteiger partial charge in [0.2, 0.25) is 5.91 Å². The third kappa shape index (κ3) is 3.01.